The number of nitrogens with zero attached hydrogens (tertiary/aromatic N) is 7. The van der Waals surface area contributed by atoms with Gasteiger partial charge in [0, 0.05) is 65.3 Å². The van der Waals surface area contributed by atoms with Gasteiger partial charge in [0.15, 0.2) is 0 Å². The molecule has 4 aromatic heterocycles. The number of aryl methyl sites for hydroxylation is 1. The average molecular weight is 1210 g/mol. The number of hydrogen-bond acceptors (Lipinski definition) is 3. The van der Waals surface area contributed by atoms with Gasteiger partial charge in [-0.25, -0.2) is 0 Å². The maximum absolute atomic E-state index is 10.5. The lowest BCUT2D eigenvalue weighted by molar-refractivity contribution is 1.16. The number of fused-ring (bicyclic) bond motifs is 12. The smallest absolute Gasteiger partial charge is 0.101 e. The molecule has 0 amide bonds. The highest BCUT2D eigenvalue weighted by Crippen LogP contribution is 2.45. The monoisotopic (exact) mass is 1210 g/mol. The maximum atomic E-state index is 10.5. The molecule has 442 valence electrons. The third-order valence-electron chi connectivity index (χ3n) is 18.8. The van der Waals surface area contributed by atoms with E-state index in [9.17, 15) is 15.8 Å². The SMILES string of the molecule is Cc1ccc2c(c1)c1ccccc1n2-c1c(C#N)cccc1-c1ccc(-n2c3ccccc3c3ccccc32)c(-c2ccccc2)c1.N#Cc1ccc2c(c1)c1ccccc1n2-c1c(C#N)cccc1-c1ccc(-n2c3ccccc3c3ccccc32)c(-c2ccccc2)c1. The van der Waals surface area contributed by atoms with E-state index in [4.69, 9.17) is 0 Å². The molecule has 0 aliphatic heterocycles. The van der Waals surface area contributed by atoms with Gasteiger partial charge < -0.3 is 18.3 Å². The lowest BCUT2D eigenvalue weighted by atomic mass is 9.94. The van der Waals surface area contributed by atoms with Gasteiger partial charge in [-0.1, -0.05) is 218 Å². The molecule has 7 heteroatoms. The molecular weight excluding hydrogens is 1160 g/mol. The van der Waals surface area contributed by atoms with E-state index in [2.05, 4.69) is 298 Å². The van der Waals surface area contributed by atoms with Crippen LogP contribution in [0.3, 0.4) is 0 Å². The van der Waals surface area contributed by atoms with Crippen LogP contribution in [-0.2, 0) is 0 Å². The Morgan fingerprint density at radius 3 is 0.958 bits per heavy atom. The predicted molar refractivity (Wildman–Crippen MR) is 391 cm³/mol. The highest BCUT2D eigenvalue weighted by molar-refractivity contribution is 6.14. The van der Waals surface area contributed by atoms with Crippen molar-refractivity contribution in [3.8, 4) is 85.5 Å². The summed E-state index contributed by atoms with van der Waals surface area (Å²) in [5, 5.41) is 40.0. The van der Waals surface area contributed by atoms with Crippen molar-refractivity contribution in [1.29, 1.82) is 15.8 Å². The fraction of sp³-hybridized carbons (Fsp3) is 0.0114. The van der Waals surface area contributed by atoms with Crippen LogP contribution in [0.15, 0.2) is 315 Å². The molecule has 0 fully saturated rings. The van der Waals surface area contributed by atoms with Crippen LogP contribution in [0.1, 0.15) is 22.3 Å². The molecule has 18 aromatic rings. The molecule has 0 saturated heterocycles. The van der Waals surface area contributed by atoms with E-state index < -0.39 is 0 Å². The van der Waals surface area contributed by atoms with Gasteiger partial charge in [0.2, 0.25) is 0 Å². The fourth-order valence-electron chi connectivity index (χ4n) is 14.7. The third-order valence-corrected chi connectivity index (χ3v) is 18.8. The van der Waals surface area contributed by atoms with Crippen molar-refractivity contribution in [3.05, 3.63) is 338 Å². The van der Waals surface area contributed by atoms with E-state index in [1.165, 1.54) is 48.9 Å². The molecule has 0 aliphatic rings. The highest BCUT2D eigenvalue weighted by Gasteiger charge is 2.25. The van der Waals surface area contributed by atoms with Crippen LogP contribution in [0.2, 0.25) is 0 Å². The Labute approximate surface area is 548 Å². The van der Waals surface area contributed by atoms with E-state index in [0.717, 1.165) is 111 Å². The molecule has 18 rings (SSSR count). The first-order valence-corrected chi connectivity index (χ1v) is 31.8. The lowest BCUT2D eigenvalue weighted by Crippen LogP contribution is -2.02. The van der Waals surface area contributed by atoms with Crippen LogP contribution in [-0.4, -0.2) is 18.3 Å². The number of benzene rings is 14. The zero-order valence-corrected chi connectivity index (χ0v) is 51.7. The Bertz CT molecular complexity index is 6170. The number of rotatable bonds is 8. The quantitative estimate of drug-likeness (QED) is 0.152. The van der Waals surface area contributed by atoms with E-state index >= 15 is 0 Å². The van der Waals surface area contributed by atoms with Crippen LogP contribution in [0.25, 0.3) is 154 Å². The molecule has 0 unspecified atom stereocenters. The third kappa shape index (κ3) is 9.09. The largest absolute Gasteiger partial charge is 0.309 e. The molecule has 0 radical (unpaired) electrons. The summed E-state index contributed by atoms with van der Waals surface area (Å²) in [6.45, 7) is 2.13. The normalized spacial score (nSPS) is 11.4. The van der Waals surface area contributed by atoms with E-state index in [1.807, 2.05) is 60.7 Å². The number of nitriles is 3. The first-order valence-electron chi connectivity index (χ1n) is 31.8. The van der Waals surface area contributed by atoms with Gasteiger partial charge in [-0.05, 0) is 132 Å². The van der Waals surface area contributed by atoms with Gasteiger partial charge in [-0.2, -0.15) is 15.8 Å². The van der Waals surface area contributed by atoms with Crippen LogP contribution in [0, 0.1) is 40.9 Å². The van der Waals surface area contributed by atoms with Gasteiger partial charge in [-0.3, -0.25) is 0 Å². The summed E-state index contributed by atoms with van der Waals surface area (Å²) in [5.41, 5.74) is 24.2. The second-order valence-corrected chi connectivity index (χ2v) is 24.1. The summed E-state index contributed by atoms with van der Waals surface area (Å²) < 4.78 is 9.21. The Kier molecular flexibility index (Phi) is 13.4. The molecule has 95 heavy (non-hydrogen) atoms. The van der Waals surface area contributed by atoms with Crippen molar-refractivity contribution in [2.75, 3.05) is 0 Å². The summed E-state index contributed by atoms with van der Waals surface area (Å²) in [6, 6.07) is 117. The van der Waals surface area contributed by atoms with Crippen LogP contribution < -0.4 is 0 Å². The molecule has 0 spiro atoms. The van der Waals surface area contributed by atoms with Crippen molar-refractivity contribution < 1.29 is 0 Å². The highest BCUT2D eigenvalue weighted by atomic mass is 15.0. The molecule has 7 nitrogen and oxygen atoms in total. The van der Waals surface area contributed by atoms with Crippen molar-refractivity contribution in [1.82, 2.24) is 18.3 Å². The second kappa shape index (κ2) is 22.9. The Morgan fingerprint density at radius 1 is 0.232 bits per heavy atom. The molecule has 14 aromatic carbocycles. The summed E-state index contributed by atoms with van der Waals surface area (Å²) in [7, 11) is 0. The Morgan fingerprint density at radius 2 is 0.568 bits per heavy atom. The fourth-order valence-corrected chi connectivity index (χ4v) is 14.7. The van der Waals surface area contributed by atoms with Gasteiger partial charge in [0.1, 0.15) is 12.1 Å². The number of hydrogen-bond donors (Lipinski definition) is 0. The van der Waals surface area contributed by atoms with Crippen molar-refractivity contribution in [2.24, 2.45) is 0 Å². The minimum atomic E-state index is 0.576. The van der Waals surface area contributed by atoms with Gasteiger partial charge in [-0.15, -0.1) is 0 Å². The molecule has 0 saturated carbocycles. The zero-order valence-electron chi connectivity index (χ0n) is 51.7. The van der Waals surface area contributed by atoms with Crippen LogP contribution in [0.5, 0.6) is 0 Å². The summed E-state index contributed by atoms with van der Waals surface area (Å²) >= 11 is 0. The Balaban J connectivity index is 0.000000144. The molecule has 0 N–H and O–H groups in total. The summed E-state index contributed by atoms with van der Waals surface area (Å²) in [5.74, 6) is 0. The van der Waals surface area contributed by atoms with Crippen molar-refractivity contribution in [3.63, 3.8) is 0 Å². The standard InChI is InChI=1S/C44H26N4.C44H29N3/c45-27-29-21-23-43-38(25-29)36-16-6-9-20-41(36)48(43)44-32(28-46)13-10-17-33(44)31-22-24-42(37(26-31)30-11-2-1-3-12-30)47-39-18-7-4-14-34(39)35-15-5-8-19-40(35)47;1-29-22-24-43-38(26-29)36-17-7-10-21-41(36)47(43)44-32(28-45)14-11-18-33(44)31-23-25-42(37(27-31)30-12-3-2-4-13-30)46-39-19-8-5-15-34(39)35-16-6-9-20-40(35)46/h1-26H;2-27H,1H3. The molecular formula is C88H55N7. The molecule has 0 bridgehead atoms. The van der Waals surface area contributed by atoms with Crippen LogP contribution in [0.4, 0.5) is 0 Å². The molecule has 0 aliphatic carbocycles. The van der Waals surface area contributed by atoms with E-state index in [-0.39, 0.29) is 0 Å². The molecule has 4 heterocycles. The number of aromatic nitrogens is 4. The van der Waals surface area contributed by atoms with E-state index in [1.54, 1.807) is 0 Å². The minimum Gasteiger partial charge on any atom is -0.309 e. The van der Waals surface area contributed by atoms with Gasteiger partial charge in [0.25, 0.3) is 0 Å². The summed E-state index contributed by atoms with van der Waals surface area (Å²) in [4.78, 5) is 0. The molecule has 0 atom stereocenters. The first-order chi connectivity index (χ1) is 47.0. The predicted octanol–water partition coefficient (Wildman–Crippen LogP) is 22.4. The maximum Gasteiger partial charge on any atom is 0.101 e. The summed E-state index contributed by atoms with van der Waals surface area (Å²) in [6.07, 6.45) is 0. The lowest BCUT2D eigenvalue weighted by Gasteiger charge is -2.19. The zero-order chi connectivity index (χ0) is 63.7. The van der Waals surface area contributed by atoms with E-state index in [0.29, 0.717) is 16.7 Å². The van der Waals surface area contributed by atoms with Crippen molar-refractivity contribution in [2.45, 2.75) is 6.92 Å². The van der Waals surface area contributed by atoms with Crippen molar-refractivity contribution >= 4 is 87.2 Å². The van der Waals surface area contributed by atoms with Gasteiger partial charge in [0.05, 0.1) is 89.6 Å². The van der Waals surface area contributed by atoms with Crippen LogP contribution >= 0.6 is 0 Å². The minimum absolute atomic E-state index is 0.576. The number of para-hydroxylation sites is 8. The van der Waals surface area contributed by atoms with Gasteiger partial charge >= 0.3 is 0 Å². The second-order valence-electron chi connectivity index (χ2n) is 24.1. The Hall–Kier alpha value is -13.3. The first kappa shape index (κ1) is 55.8. The average Bonchev–Trinajstić information content (AvgIpc) is 1.64. The topological polar surface area (TPSA) is 91.1 Å².